The second-order valence-corrected chi connectivity index (χ2v) is 4.24. The van der Waals surface area contributed by atoms with Crippen molar-refractivity contribution in [3.05, 3.63) is 0 Å². The molecule has 0 spiro atoms. The Hall–Kier alpha value is -0.0400. The van der Waals surface area contributed by atoms with Crippen LogP contribution < -0.4 is 0 Å². The monoisotopic (exact) mass is 146 g/mol. The standard InChI is InChI=1S/C7H11ClO/c1-6(2)4-5(9)7(6,3)8/h4H2,1-3H3. The Kier molecular flexibility index (Phi) is 1.19. The number of rotatable bonds is 0. The summed E-state index contributed by atoms with van der Waals surface area (Å²) in [7, 11) is 0. The lowest BCUT2D eigenvalue weighted by atomic mass is 9.62. The predicted octanol–water partition coefficient (Wildman–Crippen LogP) is 1.98. The number of hydrogen-bond acceptors (Lipinski definition) is 1. The van der Waals surface area contributed by atoms with Gasteiger partial charge < -0.3 is 0 Å². The Morgan fingerprint density at radius 3 is 1.89 bits per heavy atom. The molecule has 1 atom stereocenters. The fraction of sp³-hybridized carbons (Fsp3) is 0.857. The maximum Gasteiger partial charge on any atom is 0.154 e. The number of Topliss-reactive ketones (excluding diaryl/α,β-unsaturated/α-hetero) is 1. The maximum atomic E-state index is 10.8. The molecule has 0 amide bonds. The highest BCUT2D eigenvalue weighted by atomic mass is 35.5. The zero-order valence-electron chi connectivity index (χ0n) is 5.99. The first-order valence-corrected chi connectivity index (χ1v) is 3.48. The zero-order valence-corrected chi connectivity index (χ0v) is 6.75. The summed E-state index contributed by atoms with van der Waals surface area (Å²) in [6.45, 7) is 5.82. The van der Waals surface area contributed by atoms with Crippen LogP contribution in [-0.4, -0.2) is 10.7 Å². The molecule has 1 nitrogen and oxygen atoms in total. The van der Waals surface area contributed by atoms with E-state index in [1.165, 1.54) is 0 Å². The van der Waals surface area contributed by atoms with E-state index in [4.69, 9.17) is 11.6 Å². The molecule has 0 N–H and O–H groups in total. The van der Waals surface area contributed by atoms with Gasteiger partial charge in [-0.3, -0.25) is 4.79 Å². The summed E-state index contributed by atoms with van der Waals surface area (Å²) in [5, 5.41) is 0. The van der Waals surface area contributed by atoms with Crippen molar-refractivity contribution in [1.82, 2.24) is 0 Å². The molecule has 1 aliphatic carbocycles. The lowest BCUT2D eigenvalue weighted by Gasteiger charge is -2.47. The van der Waals surface area contributed by atoms with Crippen molar-refractivity contribution in [1.29, 1.82) is 0 Å². The molecule has 0 aliphatic heterocycles. The Morgan fingerprint density at radius 2 is 1.89 bits per heavy atom. The third-order valence-corrected chi connectivity index (χ3v) is 3.12. The largest absolute Gasteiger partial charge is 0.298 e. The molecular weight excluding hydrogens is 136 g/mol. The van der Waals surface area contributed by atoms with Gasteiger partial charge in [-0.1, -0.05) is 13.8 Å². The van der Waals surface area contributed by atoms with Gasteiger partial charge in [0, 0.05) is 6.42 Å². The molecule has 9 heavy (non-hydrogen) atoms. The Balaban J connectivity index is 2.82. The highest BCUT2D eigenvalue weighted by molar-refractivity contribution is 6.38. The molecule has 1 saturated carbocycles. The summed E-state index contributed by atoms with van der Waals surface area (Å²) in [4.78, 5) is 10.2. The van der Waals surface area contributed by atoms with E-state index < -0.39 is 4.87 Å². The fourth-order valence-corrected chi connectivity index (χ4v) is 1.14. The molecule has 1 aliphatic rings. The molecule has 0 heterocycles. The van der Waals surface area contributed by atoms with Crippen LogP contribution in [0.5, 0.6) is 0 Å². The molecular formula is C7H11ClO. The third kappa shape index (κ3) is 0.710. The molecule has 0 aromatic rings. The van der Waals surface area contributed by atoms with Crippen LogP contribution in [0.25, 0.3) is 0 Å². The summed E-state index contributed by atoms with van der Waals surface area (Å²) in [6, 6.07) is 0. The van der Waals surface area contributed by atoms with Gasteiger partial charge in [0.05, 0.1) is 0 Å². The Morgan fingerprint density at radius 1 is 1.44 bits per heavy atom. The van der Waals surface area contributed by atoms with Crippen LogP contribution in [0.4, 0.5) is 0 Å². The minimum atomic E-state index is -0.590. The Labute approximate surface area is 60.4 Å². The van der Waals surface area contributed by atoms with Gasteiger partial charge in [0.25, 0.3) is 0 Å². The first-order chi connectivity index (χ1) is 3.88. The summed E-state index contributed by atoms with van der Waals surface area (Å²) in [5.41, 5.74) is 0.00559. The van der Waals surface area contributed by atoms with E-state index in [-0.39, 0.29) is 11.2 Å². The second-order valence-electron chi connectivity index (χ2n) is 3.49. The molecule has 1 unspecified atom stereocenters. The van der Waals surface area contributed by atoms with E-state index in [2.05, 4.69) is 0 Å². The van der Waals surface area contributed by atoms with Crippen LogP contribution in [0.15, 0.2) is 0 Å². The highest BCUT2D eigenvalue weighted by Gasteiger charge is 2.55. The number of hydrogen-bond donors (Lipinski definition) is 0. The van der Waals surface area contributed by atoms with Crippen LogP contribution in [0, 0.1) is 5.41 Å². The summed E-state index contributed by atoms with van der Waals surface area (Å²) >= 11 is 5.90. The van der Waals surface area contributed by atoms with Gasteiger partial charge in [-0.2, -0.15) is 0 Å². The number of alkyl halides is 1. The number of carbonyl (C=O) groups is 1. The highest BCUT2D eigenvalue weighted by Crippen LogP contribution is 2.50. The fourth-order valence-electron chi connectivity index (χ4n) is 1.00. The van der Waals surface area contributed by atoms with Gasteiger partial charge in [0.2, 0.25) is 0 Å². The van der Waals surface area contributed by atoms with Crippen molar-refractivity contribution in [2.24, 2.45) is 5.41 Å². The SMILES string of the molecule is CC1(C)CC(=O)C1(C)Cl. The van der Waals surface area contributed by atoms with Gasteiger partial charge in [0.1, 0.15) is 4.87 Å². The van der Waals surface area contributed by atoms with Crippen molar-refractivity contribution in [2.75, 3.05) is 0 Å². The van der Waals surface area contributed by atoms with E-state index in [0.717, 1.165) is 0 Å². The summed E-state index contributed by atoms with van der Waals surface area (Å²) in [5.74, 6) is 0.175. The van der Waals surface area contributed by atoms with Crippen molar-refractivity contribution >= 4 is 17.4 Å². The van der Waals surface area contributed by atoms with Gasteiger partial charge in [-0.15, -0.1) is 11.6 Å². The van der Waals surface area contributed by atoms with Crippen molar-refractivity contribution < 1.29 is 4.79 Å². The predicted molar refractivity (Wildman–Crippen MR) is 37.7 cm³/mol. The molecule has 1 rings (SSSR count). The lowest BCUT2D eigenvalue weighted by Crippen LogP contribution is -2.56. The van der Waals surface area contributed by atoms with Crippen molar-refractivity contribution in [3.8, 4) is 0 Å². The molecule has 0 bridgehead atoms. The summed E-state index contributed by atoms with van der Waals surface area (Å²) in [6.07, 6.45) is 0.632. The van der Waals surface area contributed by atoms with Gasteiger partial charge in [-0.25, -0.2) is 0 Å². The van der Waals surface area contributed by atoms with Crippen LogP contribution in [0.3, 0.4) is 0 Å². The van der Waals surface area contributed by atoms with E-state index in [9.17, 15) is 4.79 Å². The van der Waals surface area contributed by atoms with Gasteiger partial charge in [-0.05, 0) is 12.3 Å². The number of ketones is 1. The Bertz CT molecular complexity index is 158. The topological polar surface area (TPSA) is 17.1 Å². The molecule has 0 aromatic carbocycles. The quantitative estimate of drug-likeness (QED) is 0.478. The minimum Gasteiger partial charge on any atom is -0.298 e. The van der Waals surface area contributed by atoms with E-state index in [0.29, 0.717) is 6.42 Å². The molecule has 0 saturated heterocycles. The minimum absolute atomic E-state index is 0.00559. The first kappa shape index (κ1) is 7.07. The van der Waals surface area contributed by atoms with Crippen molar-refractivity contribution in [3.63, 3.8) is 0 Å². The summed E-state index contributed by atoms with van der Waals surface area (Å²) < 4.78 is 0. The normalized spacial score (nSPS) is 40.2. The van der Waals surface area contributed by atoms with Crippen LogP contribution in [0.2, 0.25) is 0 Å². The molecule has 1 fully saturated rings. The van der Waals surface area contributed by atoms with E-state index in [1.54, 1.807) is 6.92 Å². The van der Waals surface area contributed by atoms with Crippen LogP contribution in [0.1, 0.15) is 27.2 Å². The smallest absolute Gasteiger partial charge is 0.154 e. The zero-order chi connectivity index (χ0) is 7.28. The molecule has 0 radical (unpaired) electrons. The van der Waals surface area contributed by atoms with Gasteiger partial charge >= 0.3 is 0 Å². The van der Waals surface area contributed by atoms with Crippen molar-refractivity contribution in [2.45, 2.75) is 32.1 Å². The van der Waals surface area contributed by atoms with Crippen LogP contribution >= 0.6 is 11.6 Å². The first-order valence-electron chi connectivity index (χ1n) is 3.10. The molecule has 2 heteroatoms. The molecule has 52 valence electrons. The average Bonchev–Trinajstić information content (AvgIpc) is 1.65. The van der Waals surface area contributed by atoms with E-state index in [1.807, 2.05) is 13.8 Å². The third-order valence-electron chi connectivity index (χ3n) is 2.40. The van der Waals surface area contributed by atoms with Crippen LogP contribution in [-0.2, 0) is 4.79 Å². The van der Waals surface area contributed by atoms with E-state index >= 15 is 0 Å². The second kappa shape index (κ2) is 1.51. The van der Waals surface area contributed by atoms with Gasteiger partial charge in [0.15, 0.2) is 5.78 Å². The maximum absolute atomic E-state index is 10.8. The number of carbonyl (C=O) groups excluding carboxylic acids is 1. The lowest BCUT2D eigenvalue weighted by molar-refractivity contribution is -0.136. The molecule has 0 aromatic heterocycles. The average molecular weight is 147 g/mol. The number of halogens is 1.